The molecule has 1 saturated heterocycles. The van der Waals surface area contributed by atoms with Crippen molar-refractivity contribution in [3.63, 3.8) is 0 Å². The second-order valence-electron chi connectivity index (χ2n) is 7.31. The Morgan fingerprint density at radius 1 is 1.15 bits per heavy atom. The van der Waals surface area contributed by atoms with Gasteiger partial charge < -0.3 is 14.6 Å². The monoisotopic (exact) mass is 355 g/mol. The van der Waals surface area contributed by atoms with Crippen LogP contribution in [0.5, 0.6) is 5.75 Å². The summed E-state index contributed by atoms with van der Waals surface area (Å²) < 4.78 is 5.21. The van der Waals surface area contributed by atoms with Crippen LogP contribution in [-0.2, 0) is 11.3 Å². The van der Waals surface area contributed by atoms with E-state index in [1.807, 2.05) is 24.3 Å². The number of hydrogen-bond donors (Lipinski definition) is 1. The molecule has 138 valence electrons. The normalized spacial score (nSPS) is 19.4. The number of H-pyrrole nitrogens is 1. The van der Waals surface area contributed by atoms with E-state index in [9.17, 15) is 9.59 Å². The molecule has 1 N–H and O–H groups in total. The van der Waals surface area contributed by atoms with E-state index in [2.05, 4.69) is 14.8 Å². The van der Waals surface area contributed by atoms with Crippen molar-refractivity contribution in [2.45, 2.75) is 38.3 Å². The SMILES string of the molecule is COc1ccc2cc(CN3CCN(C4CCCC4)C(=O)C3)c(=O)[nH]c2c1. The first-order chi connectivity index (χ1) is 12.6. The number of hydrogen-bond acceptors (Lipinski definition) is 4. The number of methoxy groups -OCH3 is 1. The van der Waals surface area contributed by atoms with Gasteiger partial charge in [-0.25, -0.2) is 0 Å². The maximum absolute atomic E-state index is 12.5. The lowest BCUT2D eigenvalue weighted by molar-refractivity contribution is -0.138. The number of pyridine rings is 1. The van der Waals surface area contributed by atoms with Crippen LogP contribution in [-0.4, -0.2) is 53.5 Å². The van der Waals surface area contributed by atoms with Crippen LogP contribution in [0.15, 0.2) is 29.1 Å². The first kappa shape index (κ1) is 17.1. The van der Waals surface area contributed by atoms with E-state index >= 15 is 0 Å². The number of rotatable bonds is 4. The van der Waals surface area contributed by atoms with Gasteiger partial charge in [-0.3, -0.25) is 14.5 Å². The van der Waals surface area contributed by atoms with Crippen molar-refractivity contribution in [2.24, 2.45) is 0 Å². The first-order valence-corrected chi connectivity index (χ1v) is 9.36. The van der Waals surface area contributed by atoms with Gasteiger partial charge in [0.15, 0.2) is 0 Å². The average molecular weight is 355 g/mol. The quantitative estimate of drug-likeness (QED) is 0.912. The highest BCUT2D eigenvalue weighted by atomic mass is 16.5. The van der Waals surface area contributed by atoms with Crippen molar-refractivity contribution in [1.29, 1.82) is 0 Å². The van der Waals surface area contributed by atoms with Gasteiger partial charge in [0.05, 0.1) is 19.2 Å². The summed E-state index contributed by atoms with van der Waals surface area (Å²) in [7, 11) is 1.61. The highest BCUT2D eigenvalue weighted by Gasteiger charge is 2.31. The summed E-state index contributed by atoms with van der Waals surface area (Å²) in [5.41, 5.74) is 1.36. The Morgan fingerprint density at radius 3 is 2.69 bits per heavy atom. The lowest BCUT2D eigenvalue weighted by atomic mass is 10.1. The topological polar surface area (TPSA) is 65.6 Å². The lowest BCUT2D eigenvalue weighted by Gasteiger charge is -2.37. The van der Waals surface area contributed by atoms with Gasteiger partial charge in [-0.15, -0.1) is 0 Å². The molecule has 1 aromatic carbocycles. The molecule has 6 nitrogen and oxygen atoms in total. The van der Waals surface area contributed by atoms with Crippen molar-refractivity contribution in [1.82, 2.24) is 14.8 Å². The number of fused-ring (bicyclic) bond motifs is 1. The van der Waals surface area contributed by atoms with Crippen LogP contribution in [0.3, 0.4) is 0 Å². The van der Waals surface area contributed by atoms with E-state index in [0.29, 0.717) is 24.7 Å². The van der Waals surface area contributed by atoms with E-state index in [1.54, 1.807) is 7.11 Å². The second kappa shape index (κ2) is 7.11. The maximum Gasteiger partial charge on any atom is 0.252 e. The molecule has 2 heterocycles. The molecule has 1 amide bonds. The molecule has 6 heteroatoms. The van der Waals surface area contributed by atoms with Gasteiger partial charge in [-0.2, -0.15) is 0 Å². The minimum Gasteiger partial charge on any atom is -0.497 e. The van der Waals surface area contributed by atoms with Gasteiger partial charge in [-0.05, 0) is 36.4 Å². The summed E-state index contributed by atoms with van der Waals surface area (Å²) >= 11 is 0. The van der Waals surface area contributed by atoms with Gasteiger partial charge in [0, 0.05) is 37.3 Å². The number of ether oxygens (including phenoxy) is 1. The Bertz CT molecular complexity index is 870. The van der Waals surface area contributed by atoms with E-state index in [4.69, 9.17) is 4.74 Å². The van der Waals surface area contributed by atoms with E-state index in [0.717, 1.165) is 42.6 Å². The predicted molar refractivity (Wildman–Crippen MR) is 100 cm³/mol. The molecule has 2 aromatic rings. The number of aromatic nitrogens is 1. The largest absolute Gasteiger partial charge is 0.497 e. The molecule has 1 saturated carbocycles. The number of benzene rings is 1. The molecule has 0 atom stereocenters. The molecule has 0 spiro atoms. The lowest BCUT2D eigenvalue weighted by Crippen LogP contribution is -2.53. The molecule has 26 heavy (non-hydrogen) atoms. The highest BCUT2D eigenvalue weighted by molar-refractivity contribution is 5.81. The minimum absolute atomic E-state index is 0.101. The van der Waals surface area contributed by atoms with Crippen LogP contribution in [0.2, 0.25) is 0 Å². The second-order valence-corrected chi connectivity index (χ2v) is 7.31. The summed E-state index contributed by atoms with van der Waals surface area (Å²) in [5, 5.41) is 0.969. The average Bonchev–Trinajstić information content (AvgIpc) is 3.16. The van der Waals surface area contributed by atoms with E-state index in [1.165, 1.54) is 12.8 Å². The van der Waals surface area contributed by atoms with Crippen molar-refractivity contribution < 1.29 is 9.53 Å². The fourth-order valence-electron chi connectivity index (χ4n) is 4.18. The summed E-state index contributed by atoms with van der Waals surface area (Å²) in [6, 6.07) is 8.00. The number of carbonyl (C=O) groups excluding carboxylic acids is 1. The zero-order chi connectivity index (χ0) is 18.1. The van der Waals surface area contributed by atoms with Crippen LogP contribution in [0.4, 0.5) is 0 Å². The number of piperazine rings is 1. The van der Waals surface area contributed by atoms with E-state index < -0.39 is 0 Å². The van der Waals surface area contributed by atoms with Crippen LogP contribution in [0.1, 0.15) is 31.2 Å². The first-order valence-electron chi connectivity index (χ1n) is 9.36. The molecule has 2 fully saturated rings. The van der Waals surface area contributed by atoms with Crippen LogP contribution < -0.4 is 10.3 Å². The molecule has 4 rings (SSSR count). The molecular weight excluding hydrogens is 330 g/mol. The molecular formula is C20H25N3O3. The third-order valence-corrected chi connectivity index (χ3v) is 5.63. The molecule has 0 radical (unpaired) electrons. The van der Waals surface area contributed by atoms with Gasteiger partial charge >= 0.3 is 0 Å². The highest BCUT2D eigenvalue weighted by Crippen LogP contribution is 2.25. The van der Waals surface area contributed by atoms with Crippen molar-refractivity contribution in [3.8, 4) is 5.75 Å². The van der Waals surface area contributed by atoms with Crippen LogP contribution >= 0.6 is 0 Å². The Hall–Kier alpha value is -2.34. The summed E-state index contributed by atoms with van der Waals surface area (Å²) in [6.07, 6.45) is 4.74. The molecule has 0 unspecified atom stereocenters. The Balaban J connectivity index is 1.48. The molecule has 2 aliphatic rings. The smallest absolute Gasteiger partial charge is 0.252 e. The summed E-state index contributed by atoms with van der Waals surface area (Å²) in [4.78, 5) is 32.0. The van der Waals surface area contributed by atoms with Gasteiger partial charge in [0.1, 0.15) is 5.75 Å². The fraction of sp³-hybridized carbons (Fsp3) is 0.500. The minimum atomic E-state index is -0.101. The Kier molecular flexibility index (Phi) is 4.68. The standard InChI is InChI=1S/C20H25N3O3/c1-26-17-7-6-14-10-15(20(25)21-18(14)11-17)12-22-8-9-23(19(24)13-22)16-4-2-3-5-16/h6-7,10-11,16H,2-5,8-9,12-13H2,1H3,(H,21,25). The van der Waals surface area contributed by atoms with Gasteiger partial charge in [0.2, 0.25) is 5.91 Å². The number of nitrogens with one attached hydrogen (secondary N) is 1. The Morgan fingerprint density at radius 2 is 1.96 bits per heavy atom. The molecule has 1 aliphatic heterocycles. The Labute approximate surface area is 152 Å². The number of amides is 1. The third-order valence-electron chi connectivity index (χ3n) is 5.63. The van der Waals surface area contributed by atoms with E-state index in [-0.39, 0.29) is 11.5 Å². The van der Waals surface area contributed by atoms with Crippen molar-refractivity contribution in [2.75, 3.05) is 26.7 Å². The van der Waals surface area contributed by atoms with Crippen molar-refractivity contribution in [3.05, 3.63) is 40.2 Å². The molecule has 1 aliphatic carbocycles. The zero-order valence-corrected chi connectivity index (χ0v) is 15.2. The molecule has 1 aromatic heterocycles. The summed E-state index contributed by atoms with van der Waals surface area (Å²) in [6.45, 7) is 2.49. The molecule has 0 bridgehead atoms. The maximum atomic E-state index is 12.5. The third kappa shape index (κ3) is 3.33. The number of aromatic amines is 1. The zero-order valence-electron chi connectivity index (χ0n) is 15.2. The number of nitrogens with zero attached hydrogens (tertiary/aromatic N) is 2. The van der Waals surface area contributed by atoms with Gasteiger partial charge in [-0.1, -0.05) is 12.8 Å². The predicted octanol–water partition coefficient (Wildman–Crippen LogP) is 2.12. The van der Waals surface area contributed by atoms with Crippen molar-refractivity contribution >= 4 is 16.8 Å². The fourth-order valence-corrected chi connectivity index (χ4v) is 4.18. The summed E-state index contributed by atoms with van der Waals surface area (Å²) in [5.74, 6) is 0.916. The van der Waals surface area contributed by atoms with Gasteiger partial charge in [0.25, 0.3) is 5.56 Å². The van der Waals surface area contributed by atoms with Crippen LogP contribution in [0, 0.1) is 0 Å². The van der Waals surface area contributed by atoms with Crippen LogP contribution in [0.25, 0.3) is 10.9 Å². The number of carbonyl (C=O) groups is 1.